The van der Waals surface area contributed by atoms with Crippen molar-refractivity contribution in [3.05, 3.63) is 109 Å². The van der Waals surface area contributed by atoms with Gasteiger partial charge in [-0.3, -0.25) is 9.78 Å². The van der Waals surface area contributed by atoms with Crippen LogP contribution in [-0.2, 0) is 24.9 Å². The summed E-state index contributed by atoms with van der Waals surface area (Å²) in [6.45, 7) is 12.8. The van der Waals surface area contributed by atoms with Gasteiger partial charge in [-0.15, -0.1) is 28.1 Å². The van der Waals surface area contributed by atoms with E-state index in [9.17, 15) is 4.79 Å². The van der Waals surface area contributed by atoms with Crippen LogP contribution in [0.3, 0.4) is 0 Å². The molecule has 3 heterocycles. The van der Waals surface area contributed by atoms with Gasteiger partial charge in [0.25, 0.3) is 0 Å². The maximum atomic E-state index is 10.0. The molecule has 43 heavy (non-hydrogen) atoms. The molecule has 1 N–H and O–H groups in total. The quantitative estimate of drug-likeness (QED) is 0.0967. The number of carbonyl (C=O) groups is 1. The van der Waals surface area contributed by atoms with E-state index < -0.39 is 16.1 Å². The topological polar surface area (TPSA) is 53.4 Å². The van der Waals surface area contributed by atoms with E-state index in [1.807, 2.05) is 0 Å². The fraction of sp³-hybridized carbons (Fsp3) is 0.167. The average Bonchev–Trinajstić information content (AvgIpc) is 2.96. The van der Waals surface area contributed by atoms with E-state index in [4.69, 9.17) is 10.1 Å². The summed E-state index contributed by atoms with van der Waals surface area (Å²) >= 11 is 0. The Hall–Kier alpha value is -3.62. The van der Waals surface area contributed by atoms with Gasteiger partial charge in [0.2, 0.25) is 0 Å². The van der Waals surface area contributed by atoms with Crippen LogP contribution in [0.25, 0.3) is 22.2 Å². The van der Waals surface area contributed by atoms with Crippen LogP contribution in [0, 0.1) is 6.07 Å². The van der Waals surface area contributed by atoms with Crippen molar-refractivity contribution in [2.24, 2.45) is 0 Å². The minimum Gasteiger partial charge on any atom is -0.512 e. The van der Waals surface area contributed by atoms with Crippen LogP contribution in [0.5, 0.6) is 0 Å². The smallest absolute Gasteiger partial charge is 0.155 e. The Morgan fingerprint density at radius 2 is 1.37 bits per heavy atom. The first-order valence-electron chi connectivity index (χ1n) is 14.3. The van der Waals surface area contributed by atoms with Crippen molar-refractivity contribution < 1.29 is 30.0 Å². The van der Waals surface area contributed by atoms with Crippen LogP contribution in [-0.4, -0.2) is 32.0 Å². The number of hydrogen-bond acceptors (Lipinski definition) is 4. The van der Waals surface area contributed by atoms with E-state index in [-0.39, 0.29) is 31.6 Å². The van der Waals surface area contributed by atoms with E-state index in [2.05, 4.69) is 128 Å². The molecule has 0 fully saturated rings. The van der Waals surface area contributed by atoms with E-state index in [0.29, 0.717) is 0 Å². The molecule has 0 atom stereocenters. The number of ketones is 1. The molecule has 0 aliphatic carbocycles. The molecule has 219 valence electrons. The van der Waals surface area contributed by atoms with Crippen molar-refractivity contribution in [3.8, 4) is 11.3 Å². The number of anilines is 3. The van der Waals surface area contributed by atoms with Gasteiger partial charge in [-0.2, -0.15) is 0 Å². The first kappa shape index (κ1) is 30.8. The zero-order valence-corrected chi connectivity index (χ0v) is 29.7. The predicted octanol–water partition coefficient (Wildman–Crippen LogP) is 6.48. The van der Waals surface area contributed by atoms with Crippen molar-refractivity contribution in [3.63, 3.8) is 0 Å². The monoisotopic (exact) mass is 776 g/mol. The molecular formula is C36H35IrN2O2Si2-. The largest absolute Gasteiger partial charge is 0.512 e. The van der Waals surface area contributed by atoms with Gasteiger partial charge in [0.15, 0.2) is 5.78 Å². The van der Waals surface area contributed by atoms with E-state index in [1.165, 1.54) is 63.1 Å². The third-order valence-electron chi connectivity index (χ3n) is 8.49. The van der Waals surface area contributed by atoms with E-state index >= 15 is 0 Å². The second-order valence-electron chi connectivity index (χ2n) is 12.2. The standard InChI is InChI=1S/C31H27N2Si2.C5H8O2.Ir/c1-34(2)27-15-9-7-13-25(27)33-26-14-8-10-16-28(26)35(3,4)30-20-22(19-29(34)31(30)33)24-18-17-21-11-5-6-12-23(21)32-24;1-4(6)3-5(2)7;/h5-19H,1-4H3;3,6H,1-2H3;/q-1;;/b;4-3-;. The first-order valence-corrected chi connectivity index (χ1v) is 20.3. The number of pyridine rings is 1. The summed E-state index contributed by atoms with van der Waals surface area (Å²) in [6, 6.07) is 37.2. The normalized spacial score (nSPS) is 15.2. The Kier molecular flexibility index (Phi) is 8.22. The Labute approximate surface area is 269 Å². The Balaban J connectivity index is 0.000000415. The zero-order chi connectivity index (χ0) is 29.8. The summed E-state index contributed by atoms with van der Waals surface area (Å²) < 4.78 is 0. The number of carbonyl (C=O) groups excluding carboxylic acids is 1. The number of benzene rings is 4. The summed E-state index contributed by atoms with van der Waals surface area (Å²) in [5.41, 5.74) is 7.28. The molecule has 1 aromatic heterocycles. The van der Waals surface area contributed by atoms with Gasteiger partial charge in [0.05, 0.1) is 27.4 Å². The van der Waals surface area contributed by atoms with Gasteiger partial charge in [-0.1, -0.05) is 92.9 Å². The van der Waals surface area contributed by atoms with Crippen LogP contribution in [0.15, 0.2) is 103 Å². The molecule has 4 aromatic carbocycles. The van der Waals surface area contributed by atoms with Crippen LogP contribution >= 0.6 is 0 Å². The van der Waals surface area contributed by atoms with Gasteiger partial charge in [0, 0.05) is 37.6 Å². The van der Waals surface area contributed by atoms with Crippen LogP contribution in [0.2, 0.25) is 26.2 Å². The number of para-hydroxylation sites is 3. The molecule has 0 saturated heterocycles. The van der Waals surface area contributed by atoms with Gasteiger partial charge in [-0.25, -0.2) is 0 Å². The minimum atomic E-state index is -1.99. The van der Waals surface area contributed by atoms with Gasteiger partial charge >= 0.3 is 0 Å². The number of aromatic nitrogens is 1. The third kappa shape index (κ3) is 5.25. The van der Waals surface area contributed by atoms with Gasteiger partial charge in [0.1, 0.15) is 0 Å². The fourth-order valence-electron chi connectivity index (χ4n) is 6.43. The molecular weight excluding hydrogens is 741 g/mol. The van der Waals surface area contributed by atoms with Crippen LogP contribution in [0.1, 0.15) is 13.8 Å². The maximum Gasteiger partial charge on any atom is 0.155 e. The maximum absolute atomic E-state index is 10.0. The third-order valence-corrected chi connectivity index (χ3v) is 15.4. The number of aliphatic hydroxyl groups is 1. The minimum absolute atomic E-state index is 0. The number of aliphatic hydroxyl groups excluding tert-OH is 1. The molecule has 4 nitrogen and oxygen atoms in total. The molecule has 7 heteroatoms. The molecule has 2 aliphatic heterocycles. The SMILES string of the molecule is CC(=O)/C=C(/C)O.C[Si]1(C)c2[c-]c(-c3ccc4ccccc4n3)cc3c2N(c2ccccc21)c1ccccc1[Si]3(C)C.[Ir]. The molecule has 0 amide bonds. The summed E-state index contributed by atoms with van der Waals surface area (Å²) in [6.07, 6.45) is 1.17. The summed E-state index contributed by atoms with van der Waals surface area (Å²) in [4.78, 5) is 17.6. The number of rotatable bonds is 2. The average molecular weight is 776 g/mol. The Bertz CT molecular complexity index is 1830. The van der Waals surface area contributed by atoms with Gasteiger partial charge in [-0.05, 0) is 59.2 Å². The van der Waals surface area contributed by atoms with Gasteiger partial charge < -0.3 is 10.0 Å². The van der Waals surface area contributed by atoms with Crippen molar-refractivity contribution >= 4 is 70.6 Å². The Morgan fingerprint density at radius 3 is 1.98 bits per heavy atom. The first-order chi connectivity index (χ1) is 20.0. The van der Waals surface area contributed by atoms with Crippen LogP contribution in [0.4, 0.5) is 17.1 Å². The van der Waals surface area contributed by atoms with Crippen molar-refractivity contribution in [1.82, 2.24) is 4.98 Å². The molecule has 0 unspecified atom stereocenters. The second-order valence-corrected chi connectivity index (χ2v) is 20.8. The fourth-order valence-corrected chi connectivity index (χ4v) is 12.4. The summed E-state index contributed by atoms with van der Waals surface area (Å²) in [7, 11) is -3.95. The molecule has 0 bridgehead atoms. The van der Waals surface area contributed by atoms with E-state index in [1.54, 1.807) is 0 Å². The molecule has 1 radical (unpaired) electrons. The molecule has 7 rings (SSSR count). The Morgan fingerprint density at radius 1 is 0.791 bits per heavy atom. The number of allylic oxidation sites excluding steroid dienone is 2. The molecule has 2 aliphatic rings. The van der Waals surface area contributed by atoms with Crippen molar-refractivity contribution in [1.29, 1.82) is 0 Å². The van der Waals surface area contributed by atoms with Crippen LogP contribution < -0.4 is 25.6 Å². The van der Waals surface area contributed by atoms with Crippen molar-refractivity contribution in [2.45, 2.75) is 40.0 Å². The number of nitrogens with zero attached hydrogens (tertiary/aromatic N) is 2. The zero-order valence-electron chi connectivity index (χ0n) is 25.3. The van der Waals surface area contributed by atoms with E-state index in [0.717, 1.165) is 16.8 Å². The number of fused-ring (bicyclic) bond motifs is 5. The second kappa shape index (κ2) is 11.5. The molecule has 0 spiro atoms. The predicted molar refractivity (Wildman–Crippen MR) is 181 cm³/mol. The summed E-state index contributed by atoms with van der Waals surface area (Å²) in [5, 5.41) is 15.4. The molecule has 0 saturated carbocycles. The molecule has 5 aromatic rings. The summed E-state index contributed by atoms with van der Waals surface area (Å²) in [5.74, 6) is -0.0625. The van der Waals surface area contributed by atoms with Crippen molar-refractivity contribution in [2.75, 3.05) is 4.90 Å². The number of hydrogen-bond donors (Lipinski definition) is 1.